The Morgan fingerprint density at radius 2 is 2.12 bits per heavy atom. The van der Waals surface area contributed by atoms with Crippen LogP contribution < -0.4 is 10.1 Å². The molecule has 0 amide bonds. The van der Waals surface area contributed by atoms with Crippen molar-refractivity contribution in [3.8, 4) is 5.88 Å². The topological polar surface area (TPSA) is 37.4 Å². The van der Waals surface area contributed by atoms with Crippen LogP contribution >= 0.6 is 31.9 Å². The Hall–Kier alpha value is -0.330. The minimum Gasteiger partial charge on any atom is -0.472 e. The van der Waals surface area contributed by atoms with Gasteiger partial charge >= 0.3 is 0 Å². The Kier molecular flexibility index (Phi) is 5.69. The van der Waals surface area contributed by atoms with Gasteiger partial charge in [0.15, 0.2) is 0 Å². The molecule has 0 saturated carbocycles. The molecule has 1 heterocycles. The van der Waals surface area contributed by atoms with Crippen LogP contribution in [-0.2, 0) is 0 Å². The highest BCUT2D eigenvalue weighted by Gasteiger charge is 2.14. The number of pyridine rings is 1. The molecule has 0 bridgehead atoms. The highest BCUT2D eigenvalue weighted by Crippen LogP contribution is 2.36. The third-order valence-corrected chi connectivity index (χ3v) is 3.46. The first kappa shape index (κ1) is 14.7. The van der Waals surface area contributed by atoms with E-state index in [0.717, 1.165) is 21.2 Å². The van der Waals surface area contributed by atoms with Gasteiger partial charge in [-0.25, -0.2) is 4.98 Å². The second-order valence-electron chi connectivity index (χ2n) is 4.04. The molecule has 6 heteroatoms. The second kappa shape index (κ2) is 6.56. The van der Waals surface area contributed by atoms with Crippen molar-refractivity contribution in [1.29, 1.82) is 0 Å². The Balaban J connectivity index is 2.85. The number of nitrogens with one attached hydrogen (secondary N) is 1. The van der Waals surface area contributed by atoms with E-state index in [9.17, 15) is 0 Å². The average molecular weight is 367 g/mol. The molecular formula is C11H17Br2N3O. The van der Waals surface area contributed by atoms with Crippen LogP contribution in [0.2, 0.25) is 0 Å². The van der Waals surface area contributed by atoms with Gasteiger partial charge in [0.2, 0.25) is 5.88 Å². The number of halogens is 2. The zero-order valence-electron chi connectivity index (χ0n) is 10.4. The fraction of sp³-hybridized carbons (Fsp3) is 0.545. The number of aromatic nitrogens is 1. The van der Waals surface area contributed by atoms with Crippen LogP contribution in [0.1, 0.15) is 6.92 Å². The summed E-state index contributed by atoms with van der Waals surface area (Å²) >= 11 is 6.92. The quantitative estimate of drug-likeness (QED) is 0.869. The van der Waals surface area contributed by atoms with Gasteiger partial charge in [-0.15, -0.1) is 0 Å². The molecule has 0 spiro atoms. The summed E-state index contributed by atoms with van der Waals surface area (Å²) in [5, 5.41) is 3.09. The van der Waals surface area contributed by atoms with E-state index >= 15 is 0 Å². The molecule has 0 aliphatic rings. The highest BCUT2D eigenvalue weighted by molar-refractivity contribution is 9.11. The maximum Gasteiger partial charge on any atom is 0.230 e. The first-order valence-corrected chi connectivity index (χ1v) is 6.87. The van der Waals surface area contributed by atoms with Crippen LogP contribution in [0, 0.1) is 0 Å². The summed E-state index contributed by atoms with van der Waals surface area (Å²) in [4.78, 5) is 6.34. The Morgan fingerprint density at radius 1 is 1.47 bits per heavy atom. The van der Waals surface area contributed by atoms with Gasteiger partial charge in [0.25, 0.3) is 0 Å². The molecule has 0 aliphatic heterocycles. The fourth-order valence-electron chi connectivity index (χ4n) is 1.50. The molecule has 0 aliphatic carbocycles. The van der Waals surface area contributed by atoms with Crippen molar-refractivity contribution in [2.24, 2.45) is 0 Å². The molecule has 1 atom stereocenters. The van der Waals surface area contributed by atoms with Crippen LogP contribution in [-0.4, -0.2) is 43.7 Å². The van der Waals surface area contributed by atoms with Gasteiger partial charge in [-0.05, 0) is 52.9 Å². The normalized spacial score (nSPS) is 12.6. The molecule has 0 radical (unpaired) electrons. The van der Waals surface area contributed by atoms with Crippen molar-refractivity contribution < 1.29 is 4.74 Å². The predicted molar refractivity (Wildman–Crippen MR) is 77.8 cm³/mol. The summed E-state index contributed by atoms with van der Waals surface area (Å²) < 4.78 is 7.53. The summed E-state index contributed by atoms with van der Waals surface area (Å²) in [5.41, 5.74) is 0.937. The average Bonchev–Trinajstić information content (AvgIpc) is 2.22. The Labute approximate surface area is 119 Å². The number of rotatable bonds is 5. The van der Waals surface area contributed by atoms with Crippen molar-refractivity contribution >= 4 is 37.5 Å². The van der Waals surface area contributed by atoms with Gasteiger partial charge in [-0.2, -0.15) is 0 Å². The zero-order valence-corrected chi connectivity index (χ0v) is 13.6. The summed E-state index contributed by atoms with van der Waals surface area (Å²) in [6.45, 7) is 2.87. The number of hydrogen-bond acceptors (Lipinski definition) is 4. The summed E-state index contributed by atoms with van der Waals surface area (Å²) in [6, 6.07) is 0. The van der Waals surface area contributed by atoms with Gasteiger partial charge in [-0.3, -0.25) is 0 Å². The van der Waals surface area contributed by atoms with E-state index in [2.05, 4.69) is 47.1 Å². The van der Waals surface area contributed by atoms with Gasteiger partial charge < -0.3 is 15.0 Å². The van der Waals surface area contributed by atoms with E-state index in [1.54, 1.807) is 6.20 Å². The molecule has 4 nitrogen and oxygen atoms in total. The van der Waals surface area contributed by atoms with Gasteiger partial charge in [0.05, 0.1) is 10.2 Å². The summed E-state index contributed by atoms with van der Waals surface area (Å²) in [6.07, 6.45) is 1.81. The van der Waals surface area contributed by atoms with Crippen LogP contribution in [0.25, 0.3) is 0 Å². The smallest absolute Gasteiger partial charge is 0.230 e. The maximum atomic E-state index is 5.79. The van der Waals surface area contributed by atoms with Crippen LogP contribution in [0.4, 0.5) is 5.69 Å². The van der Waals surface area contributed by atoms with Crippen LogP contribution in [0.5, 0.6) is 5.88 Å². The number of ether oxygens (including phenoxy) is 1. The Morgan fingerprint density at radius 3 is 2.65 bits per heavy atom. The molecular weight excluding hydrogens is 350 g/mol. The Bertz CT molecular complexity index is 385. The number of likely N-dealkylation sites (N-methyl/N-ethyl adjacent to an activating group) is 1. The minimum absolute atomic E-state index is 0.0830. The second-order valence-corrected chi connectivity index (χ2v) is 5.69. The first-order valence-electron chi connectivity index (χ1n) is 5.28. The minimum atomic E-state index is 0.0830. The van der Waals surface area contributed by atoms with Gasteiger partial charge in [0, 0.05) is 19.8 Å². The largest absolute Gasteiger partial charge is 0.472 e. The lowest BCUT2D eigenvalue weighted by molar-refractivity contribution is 0.169. The van der Waals surface area contributed by atoms with Gasteiger partial charge in [-0.1, -0.05) is 0 Å². The fourth-order valence-corrected chi connectivity index (χ4v) is 2.87. The molecule has 17 heavy (non-hydrogen) atoms. The lowest BCUT2D eigenvalue weighted by Crippen LogP contribution is -2.28. The van der Waals surface area contributed by atoms with Crippen molar-refractivity contribution in [3.63, 3.8) is 0 Å². The molecule has 1 aromatic heterocycles. The first-order chi connectivity index (χ1) is 7.95. The monoisotopic (exact) mass is 365 g/mol. The van der Waals surface area contributed by atoms with E-state index in [0.29, 0.717) is 5.88 Å². The third-order valence-electron chi connectivity index (χ3n) is 2.13. The standard InChI is InChI=1S/C11H17Br2N3O/c1-7(6-16(3)4)17-11-9(13)10(14-2)8(12)5-15-11/h5,7H,6H2,1-4H3,(H,14,15). The molecule has 0 aromatic carbocycles. The van der Waals surface area contributed by atoms with E-state index < -0.39 is 0 Å². The number of nitrogens with zero attached hydrogens (tertiary/aromatic N) is 2. The molecule has 1 N–H and O–H groups in total. The van der Waals surface area contributed by atoms with E-state index in [1.807, 2.05) is 28.1 Å². The molecule has 1 aromatic rings. The number of anilines is 1. The highest BCUT2D eigenvalue weighted by atomic mass is 79.9. The lowest BCUT2D eigenvalue weighted by atomic mass is 10.3. The van der Waals surface area contributed by atoms with Crippen molar-refractivity contribution in [3.05, 3.63) is 15.1 Å². The van der Waals surface area contributed by atoms with Crippen LogP contribution in [0.3, 0.4) is 0 Å². The predicted octanol–water partition coefficient (Wildman–Crippen LogP) is 2.98. The summed E-state index contributed by atoms with van der Waals surface area (Å²) in [5.74, 6) is 0.604. The lowest BCUT2D eigenvalue weighted by Gasteiger charge is -2.19. The van der Waals surface area contributed by atoms with Crippen molar-refractivity contribution in [1.82, 2.24) is 9.88 Å². The van der Waals surface area contributed by atoms with E-state index in [-0.39, 0.29) is 6.10 Å². The molecule has 1 rings (SSSR count). The van der Waals surface area contributed by atoms with Crippen molar-refractivity contribution in [2.75, 3.05) is 33.0 Å². The number of hydrogen-bond donors (Lipinski definition) is 1. The molecule has 96 valence electrons. The van der Waals surface area contributed by atoms with E-state index in [4.69, 9.17) is 4.74 Å². The third kappa shape index (κ3) is 4.12. The van der Waals surface area contributed by atoms with Crippen molar-refractivity contribution in [2.45, 2.75) is 13.0 Å². The molecule has 0 saturated heterocycles. The molecule has 0 fully saturated rings. The van der Waals surface area contributed by atoms with E-state index in [1.165, 1.54) is 0 Å². The van der Waals surface area contributed by atoms with Gasteiger partial charge in [0.1, 0.15) is 10.6 Å². The maximum absolute atomic E-state index is 5.79. The summed E-state index contributed by atoms with van der Waals surface area (Å²) in [7, 11) is 5.89. The SMILES string of the molecule is CNc1c(Br)cnc(OC(C)CN(C)C)c1Br. The molecule has 1 unspecified atom stereocenters. The zero-order chi connectivity index (χ0) is 13.0. The van der Waals surface area contributed by atoms with Crippen LogP contribution in [0.15, 0.2) is 15.1 Å².